The quantitative estimate of drug-likeness (QED) is 0.448. The zero-order valence-electron chi connectivity index (χ0n) is 11.1. The predicted octanol–water partition coefficient (Wildman–Crippen LogP) is 3.56. The van der Waals surface area contributed by atoms with Crippen LogP contribution in [-0.2, 0) is 6.42 Å². The van der Waals surface area contributed by atoms with Crippen molar-refractivity contribution in [3.05, 3.63) is 65.5 Å². The first kappa shape index (κ1) is 12.4. The third-order valence-electron chi connectivity index (χ3n) is 3.13. The SMILES string of the molecule is Cc1ccc2oc(/C(Cc3ccccc3)=N/O)nc2c1. The largest absolute Gasteiger partial charge is 0.435 e. The van der Waals surface area contributed by atoms with Crippen molar-refractivity contribution in [2.75, 3.05) is 0 Å². The van der Waals surface area contributed by atoms with E-state index in [9.17, 15) is 5.21 Å². The summed E-state index contributed by atoms with van der Waals surface area (Å²) in [6, 6.07) is 15.6. The third kappa shape index (κ3) is 2.40. The summed E-state index contributed by atoms with van der Waals surface area (Å²) in [4.78, 5) is 4.38. The van der Waals surface area contributed by atoms with Crippen molar-refractivity contribution in [1.82, 2.24) is 4.98 Å². The van der Waals surface area contributed by atoms with Gasteiger partial charge in [-0.3, -0.25) is 0 Å². The van der Waals surface area contributed by atoms with Gasteiger partial charge in [-0.1, -0.05) is 41.6 Å². The first-order chi connectivity index (χ1) is 9.76. The number of oxazole rings is 1. The molecule has 0 aliphatic rings. The average molecular weight is 266 g/mol. The minimum atomic E-state index is 0.358. The lowest BCUT2D eigenvalue weighted by Crippen LogP contribution is -2.05. The van der Waals surface area contributed by atoms with E-state index in [1.807, 2.05) is 55.5 Å². The number of hydrogen-bond acceptors (Lipinski definition) is 4. The second kappa shape index (κ2) is 5.17. The van der Waals surface area contributed by atoms with Crippen LogP contribution in [0.1, 0.15) is 17.0 Å². The molecule has 0 atom stereocenters. The summed E-state index contributed by atoms with van der Waals surface area (Å²) in [5.41, 5.74) is 4.04. The molecule has 3 rings (SSSR count). The van der Waals surface area contributed by atoms with E-state index in [1.165, 1.54) is 0 Å². The summed E-state index contributed by atoms with van der Waals surface area (Å²) in [6.45, 7) is 2.00. The topological polar surface area (TPSA) is 58.6 Å². The summed E-state index contributed by atoms with van der Waals surface area (Å²) in [7, 11) is 0. The fraction of sp³-hybridized carbons (Fsp3) is 0.125. The van der Waals surface area contributed by atoms with Gasteiger partial charge in [0.1, 0.15) is 11.2 Å². The molecule has 1 aromatic heterocycles. The molecule has 20 heavy (non-hydrogen) atoms. The van der Waals surface area contributed by atoms with Crippen LogP contribution in [0.5, 0.6) is 0 Å². The highest BCUT2D eigenvalue weighted by Gasteiger charge is 2.13. The zero-order valence-corrected chi connectivity index (χ0v) is 11.1. The fourth-order valence-electron chi connectivity index (χ4n) is 2.10. The van der Waals surface area contributed by atoms with Crippen molar-refractivity contribution in [2.24, 2.45) is 5.16 Å². The smallest absolute Gasteiger partial charge is 0.245 e. The van der Waals surface area contributed by atoms with Crippen molar-refractivity contribution in [1.29, 1.82) is 0 Å². The Morgan fingerprint density at radius 1 is 1.20 bits per heavy atom. The summed E-state index contributed by atoms with van der Waals surface area (Å²) in [5, 5.41) is 12.5. The van der Waals surface area contributed by atoms with Gasteiger partial charge < -0.3 is 9.62 Å². The van der Waals surface area contributed by atoms with Crippen molar-refractivity contribution >= 4 is 16.8 Å². The van der Waals surface area contributed by atoms with Gasteiger partial charge in [-0.05, 0) is 30.2 Å². The molecule has 0 bridgehead atoms. The lowest BCUT2D eigenvalue weighted by Gasteiger charge is -2.00. The van der Waals surface area contributed by atoms with E-state index >= 15 is 0 Å². The van der Waals surface area contributed by atoms with Gasteiger partial charge in [0.25, 0.3) is 0 Å². The van der Waals surface area contributed by atoms with E-state index in [-0.39, 0.29) is 0 Å². The van der Waals surface area contributed by atoms with Gasteiger partial charge >= 0.3 is 0 Å². The van der Waals surface area contributed by atoms with E-state index < -0.39 is 0 Å². The standard InChI is InChI=1S/C16H14N2O2/c1-11-7-8-15-13(9-11)17-16(20-15)14(18-19)10-12-5-3-2-4-6-12/h2-9,19H,10H2,1H3/b18-14+. The van der Waals surface area contributed by atoms with Crippen LogP contribution in [0.2, 0.25) is 0 Å². The van der Waals surface area contributed by atoms with Gasteiger partial charge in [-0.25, -0.2) is 4.98 Å². The Morgan fingerprint density at radius 3 is 2.75 bits per heavy atom. The van der Waals surface area contributed by atoms with E-state index in [1.54, 1.807) is 0 Å². The molecule has 0 radical (unpaired) electrons. The molecule has 100 valence electrons. The number of aromatic nitrogens is 1. The molecule has 0 amide bonds. The minimum absolute atomic E-state index is 0.358. The number of rotatable bonds is 3. The Hall–Kier alpha value is -2.62. The predicted molar refractivity (Wildman–Crippen MR) is 77.2 cm³/mol. The van der Waals surface area contributed by atoms with Gasteiger partial charge in [0.15, 0.2) is 5.58 Å². The Labute approximate surface area is 116 Å². The second-order valence-corrected chi connectivity index (χ2v) is 4.70. The van der Waals surface area contributed by atoms with Crippen LogP contribution >= 0.6 is 0 Å². The molecule has 4 heteroatoms. The number of nitrogens with zero attached hydrogens (tertiary/aromatic N) is 2. The van der Waals surface area contributed by atoms with E-state index in [0.29, 0.717) is 23.6 Å². The lowest BCUT2D eigenvalue weighted by molar-refractivity contribution is 0.317. The Balaban J connectivity index is 1.95. The molecule has 4 nitrogen and oxygen atoms in total. The molecule has 3 aromatic rings. The molecule has 0 spiro atoms. The van der Waals surface area contributed by atoms with Crippen molar-refractivity contribution in [3.8, 4) is 0 Å². The third-order valence-corrected chi connectivity index (χ3v) is 3.13. The Morgan fingerprint density at radius 2 is 2.00 bits per heavy atom. The number of fused-ring (bicyclic) bond motifs is 1. The molecule has 0 saturated carbocycles. The average Bonchev–Trinajstić information content (AvgIpc) is 2.88. The molecule has 0 aliphatic carbocycles. The Bertz CT molecular complexity index is 761. The van der Waals surface area contributed by atoms with Crippen LogP contribution < -0.4 is 0 Å². The van der Waals surface area contributed by atoms with Crippen LogP contribution in [0.3, 0.4) is 0 Å². The second-order valence-electron chi connectivity index (χ2n) is 4.70. The van der Waals surface area contributed by atoms with Crippen LogP contribution in [0, 0.1) is 6.92 Å². The van der Waals surface area contributed by atoms with Crippen molar-refractivity contribution < 1.29 is 9.62 Å². The maximum absolute atomic E-state index is 9.21. The highest BCUT2D eigenvalue weighted by atomic mass is 16.4. The first-order valence-electron chi connectivity index (χ1n) is 6.38. The van der Waals surface area contributed by atoms with Gasteiger partial charge in [0.2, 0.25) is 5.89 Å². The summed E-state index contributed by atoms with van der Waals surface area (Å²) >= 11 is 0. The molecular formula is C16H14N2O2. The maximum atomic E-state index is 9.21. The number of benzene rings is 2. The molecule has 0 fully saturated rings. The molecule has 0 unspecified atom stereocenters. The molecule has 1 heterocycles. The highest BCUT2D eigenvalue weighted by Crippen LogP contribution is 2.18. The monoisotopic (exact) mass is 266 g/mol. The van der Waals surface area contributed by atoms with Gasteiger partial charge in [0.05, 0.1) is 0 Å². The molecule has 2 aromatic carbocycles. The van der Waals surface area contributed by atoms with Gasteiger partial charge in [-0.15, -0.1) is 0 Å². The molecule has 0 saturated heterocycles. The van der Waals surface area contributed by atoms with Crippen LogP contribution in [0.4, 0.5) is 0 Å². The zero-order chi connectivity index (χ0) is 13.9. The van der Waals surface area contributed by atoms with E-state index in [0.717, 1.165) is 16.6 Å². The lowest BCUT2D eigenvalue weighted by atomic mass is 10.1. The number of oxime groups is 1. The van der Waals surface area contributed by atoms with Crippen molar-refractivity contribution in [2.45, 2.75) is 13.3 Å². The summed E-state index contributed by atoms with van der Waals surface area (Å²) in [6.07, 6.45) is 0.475. The number of hydrogen-bond donors (Lipinski definition) is 1. The fourth-order valence-corrected chi connectivity index (χ4v) is 2.10. The van der Waals surface area contributed by atoms with Crippen LogP contribution in [-0.4, -0.2) is 15.9 Å². The minimum Gasteiger partial charge on any atom is -0.435 e. The first-order valence-corrected chi connectivity index (χ1v) is 6.38. The van der Waals surface area contributed by atoms with E-state index in [4.69, 9.17) is 4.42 Å². The summed E-state index contributed by atoms with van der Waals surface area (Å²) < 4.78 is 5.65. The highest BCUT2D eigenvalue weighted by molar-refractivity contribution is 5.99. The van der Waals surface area contributed by atoms with Crippen LogP contribution in [0.25, 0.3) is 11.1 Å². The molecule has 1 N–H and O–H groups in total. The van der Waals surface area contributed by atoms with Gasteiger partial charge in [-0.2, -0.15) is 0 Å². The van der Waals surface area contributed by atoms with Gasteiger partial charge in [0, 0.05) is 6.42 Å². The normalized spacial score (nSPS) is 11.9. The number of aryl methyl sites for hydroxylation is 1. The molecular weight excluding hydrogens is 252 g/mol. The van der Waals surface area contributed by atoms with Crippen LogP contribution in [0.15, 0.2) is 58.1 Å². The maximum Gasteiger partial charge on any atom is 0.245 e. The van der Waals surface area contributed by atoms with E-state index in [2.05, 4.69) is 10.1 Å². The van der Waals surface area contributed by atoms with Crippen molar-refractivity contribution in [3.63, 3.8) is 0 Å². The summed E-state index contributed by atoms with van der Waals surface area (Å²) in [5.74, 6) is 0.358. The Kier molecular flexibility index (Phi) is 3.21. The molecule has 0 aliphatic heterocycles.